The van der Waals surface area contributed by atoms with Crippen LogP contribution in [-0.4, -0.2) is 42.1 Å². The Hall–Kier alpha value is -3.26. The van der Waals surface area contributed by atoms with E-state index in [1.165, 1.54) is 0 Å². The summed E-state index contributed by atoms with van der Waals surface area (Å²) in [5.41, 5.74) is 10.1. The van der Waals surface area contributed by atoms with Crippen LogP contribution in [0.2, 0.25) is 0 Å². The molecule has 4 N–H and O–H groups in total. The molecule has 2 aliphatic rings. The highest BCUT2D eigenvalue weighted by Gasteiger charge is 2.41. The van der Waals surface area contributed by atoms with Gasteiger partial charge in [0.2, 0.25) is 5.91 Å². The van der Waals surface area contributed by atoms with Gasteiger partial charge in [0, 0.05) is 37.2 Å². The molecule has 0 radical (unpaired) electrons. The van der Waals surface area contributed by atoms with Crippen molar-refractivity contribution in [1.82, 2.24) is 15.5 Å². The molecule has 7 nitrogen and oxygen atoms in total. The van der Waals surface area contributed by atoms with Gasteiger partial charge >= 0.3 is 0 Å². The predicted molar refractivity (Wildman–Crippen MR) is 151 cm³/mol. The Morgan fingerprint density at radius 3 is 2.42 bits per heavy atom. The average molecular weight is 535 g/mol. The van der Waals surface area contributed by atoms with Crippen LogP contribution < -0.4 is 16.4 Å². The second-order valence-electron chi connectivity index (χ2n) is 10.1. The van der Waals surface area contributed by atoms with E-state index in [0.717, 1.165) is 40.6 Å². The highest BCUT2D eigenvalue weighted by atomic mass is 35.5. The number of piperidine rings is 1. The smallest absolute Gasteiger partial charge is 0.251 e. The van der Waals surface area contributed by atoms with E-state index in [1.54, 1.807) is 11.0 Å². The molecule has 0 bridgehead atoms. The average Bonchev–Trinajstić information content (AvgIpc) is 3.37. The standard InChI is InChI=1S/C30H34N4O3.ClH/c1-2-33-29(36)23-9-10-24-17-34(18-25(24)16-23)30(37)26(28(35)20-11-13-32-14-12-20)27(31)22-8-7-19-5-3-4-6-21(19)15-22;/h3-10,15-16,20,26-27,32H,2,11-14,17-18,31H2,1H3,(H,33,36);1H. The summed E-state index contributed by atoms with van der Waals surface area (Å²) in [6.07, 6.45) is 1.42. The highest BCUT2D eigenvalue weighted by molar-refractivity contribution is 6.03. The minimum Gasteiger partial charge on any atom is -0.352 e. The maximum Gasteiger partial charge on any atom is 0.251 e. The fraction of sp³-hybridized carbons (Fsp3) is 0.367. The zero-order chi connectivity index (χ0) is 25.9. The van der Waals surface area contributed by atoms with Crippen LogP contribution in [0, 0.1) is 11.8 Å². The fourth-order valence-electron chi connectivity index (χ4n) is 5.57. The van der Waals surface area contributed by atoms with Crippen molar-refractivity contribution in [3.05, 3.63) is 82.9 Å². The van der Waals surface area contributed by atoms with E-state index in [-0.39, 0.29) is 35.9 Å². The summed E-state index contributed by atoms with van der Waals surface area (Å²) in [5.74, 6) is -1.57. The van der Waals surface area contributed by atoms with Crippen molar-refractivity contribution in [1.29, 1.82) is 0 Å². The van der Waals surface area contributed by atoms with Gasteiger partial charge in [0.25, 0.3) is 5.91 Å². The Kier molecular flexibility index (Phi) is 8.82. The molecule has 5 rings (SSSR count). The van der Waals surface area contributed by atoms with Gasteiger partial charge in [-0.25, -0.2) is 0 Å². The van der Waals surface area contributed by atoms with Crippen LogP contribution in [0.5, 0.6) is 0 Å². The molecule has 0 spiro atoms. The molecule has 1 saturated heterocycles. The minimum absolute atomic E-state index is 0. The van der Waals surface area contributed by atoms with Crippen LogP contribution in [0.1, 0.15) is 52.9 Å². The summed E-state index contributed by atoms with van der Waals surface area (Å²) in [6, 6.07) is 18.7. The van der Waals surface area contributed by atoms with E-state index >= 15 is 0 Å². The molecule has 38 heavy (non-hydrogen) atoms. The van der Waals surface area contributed by atoms with Crippen molar-refractivity contribution in [2.24, 2.45) is 17.6 Å². The quantitative estimate of drug-likeness (QED) is 0.401. The van der Waals surface area contributed by atoms with Crippen molar-refractivity contribution in [2.75, 3.05) is 19.6 Å². The third-order valence-corrected chi connectivity index (χ3v) is 7.67. The molecular formula is C30H35ClN4O3. The number of rotatable bonds is 7. The molecule has 2 aliphatic heterocycles. The molecule has 1 fully saturated rings. The molecule has 3 aromatic carbocycles. The van der Waals surface area contributed by atoms with Crippen molar-refractivity contribution in [2.45, 2.75) is 38.9 Å². The van der Waals surface area contributed by atoms with Gasteiger partial charge in [0.1, 0.15) is 11.7 Å². The fourth-order valence-corrected chi connectivity index (χ4v) is 5.57. The van der Waals surface area contributed by atoms with E-state index in [4.69, 9.17) is 5.73 Å². The summed E-state index contributed by atoms with van der Waals surface area (Å²) in [6.45, 7) is 4.73. The Labute approximate surface area is 229 Å². The molecule has 3 aromatic rings. The van der Waals surface area contributed by atoms with Gasteiger partial charge < -0.3 is 21.3 Å². The third kappa shape index (κ3) is 5.60. The Morgan fingerprint density at radius 2 is 1.68 bits per heavy atom. The van der Waals surface area contributed by atoms with E-state index in [0.29, 0.717) is 38.0 Å². The topological polar surface area (TPSA) is 105 Å². The van der Waals surface area contributed by atoms with Gasteiger partial charge in [0.15, 0.2) is 0 Å². The molecule has 2 unspecified atom stereocenters. The number of carbonyl (C=O) groups excluding carboxylic acids is 3. The summed E-state index contributed by atoms with van der Waals surface area (Å²) in [7, 11) is 0. The number of benzene rings is 3. The van der Waals surface area contributed by atoms with Crippen molar-refractivity contribution in [3.63, 3.8) is 0 Å². The first-order chi connectivity index (χ1) is 18.0. The molecular weight excluding hydrogens is 500 g/mol. The molecule has 2 heterocycles. The number of halogens is 1. The van der Waals surface area contributed by atoms with Crippen LogP contribution >= 0.6 is 12.4 Å². The number of carbonyl (C=O) groups is 3. The first-order valence-electron chi connectivity index (χ1n) is 13.1. The minimum atomic E-state index is -0.957. The number of nitrogens with zero attached hydrogens (tertiary/aromatic N) is 1. The van der Waals surface area contributed by atoms with E-state index < -0.39 is 12.0 Å². The summed E-state index contributed by atoms with van der Waals surface area (Å²) < 4.78 is 0. The van der Waals surface area contributed by atoms with Gasteiger partial charge in [-0.15, -0.1) is 12.4 Å². The molecule has 0 aromatic heterocycles. The lowest BCUT2D eigenvalue weighted by Crippen LogP contribution is -2.46. The zero-order valence-corrected chi connectivity index (χ0v) is 22.4. The monoisotopic (exact) mass is 534 g/mol. The van der Waals surface area contributed by atoms with Crippen molar-refractivity contribution < 1.29 is 14.4 Å². The maximum atomic E-state index is 14.0. The lowest BCUT2D eigenvalue weighted by atomic mass is 9.80. The SMILES string of the molecule is CCNC(=O)c1ccc2c(c1)CN(C(=O)C(C(=O)C1CCNCC1)C(N)c1ccc3ccccc3c1)C2.Cl. The van der Waals surface area contributed by atoms with Gasteiger partial charge in [-0.2, -0.15) is 0 Å². The van der Waals surface area contributed by atoms with Crippen LogP contribution in [0.3, 0.4) is 0 Å². The third-order valence-electron chi connectivity index (χ3n) is 7.67. The van der Waals surface area contributed by atoms with Gasteiger partial charge in [-0.1, -0.05) is 42.5 Å². The van der Waals surface area contributed by atoms with Crippen LogP contribution in [0.25, 0.3) is 10.8 Å². The van der Waals surface area contributed by atoms with Crippen molar-refractivity contribution in [3.8, 4) is 0 Å². The Bertz CT molecular complexity index is 1340. The highest BCUT2D eigenvalue weighted by Crippen LogP contribution is 2.33. The number of amides is 2. The van der Waals surface area contributed by atoms with E-state index in [2.05, 4.69) is 10.6 Å². The number of nitrogens with two attached hydrogens (primary N) is 1. The van der Waals surface area contributed by atoms with E-state index in [9.17, 15) is 14.4 Å². The number of hydrogen-bond donors (Lipinski definition) is 3. The van der Waals surface area contributed by atoms with Gasteiger partial charge in [0.05, 0.1) is 0 Å². The second kappa shape index (κ2) is 12.1. The summed E-state index contributed by atoms with van der Waals surface area (Å²) in [4.78, 5) is 41.9. The molecule has 0 saturated carbocycles. The van der Waals surface area contributed by atoms with Gasteiger partial charge in [-0.3, -0.25) is 14.4 Å². The Balaban J connectivity index is 0.00000336. The number of nitrogens with one attached hydrogen (secondary N) is 2. The lowest BCUT2D eigenvalue weighted by Gasteiger charge is -2.31. The summed E-state index contributed by atoms with van der Waals surface area (Å²) in [5, 5.41) is 8.23. The second-order valence-corrected chi connectivity index (χ2v) is 10.1. The van der Waals surface area contributed by atoms with Crippen LogP contribution in [0.15, 0.2) is 60.7 Å². The first kappa shape index (κ1) is 27.8. The maximum absolute atomic E-state index is 14.0. The predicted octanol–water partition coefficient (Wildman–Crippen LogP) is 3.74. The molecule has 200 valence electrons. The Morgan fingerprint density at radius 1 is 0.974 bits per heavy atom. The summed E-state index contributed by atoms with van der Waals surface area (Å²) >= 11 is 0. The number of ketones is 1. The van der Waals surface area contributed by atoms with E-state index in [1.807, 2.05) is 61.5 Å². The molecule has 2 atom stereocenters. The van der Waals surface area contributed by atoms with Crippen LogP contribution in [-0.2, 0) is 22.7 Å². The molecule has 0 aliphatic carbocycles. The van der Waals surface area contributed by atoms with Gasteiger partial charge in [-0.05, 0) is 78.5 Å². The number of Topliss-reactive ketones (excluding diaryl/α,β-unsaturated/α-hetero) is 1. The van der Waals surface area contributed by atoms with Crippen molar-refractivity contribution >= 4 is 40.8 Å². The largest absolute Gasteiger partial charge is 0.352 e. The number of hydrogen-bond acceptors (Lipinski definition) is 5. The van der Waals surface area contributed by atoms with Crippen LogP contribution in [0.4, 0.5) is 0 Å². The number of fused-ring (bicyclic) bond motifs is 2. The lowest BCUT2D eigenvalue weighted by molar-refractivity contribution is -0.144. The normalized spacial score (nSPS) is 16.8. The molecule has 2 amide bonds. The molecule has 8 heteroatoms. The first-order valence-corrected chi connectivity index (χ1v) is 13.1. The zero-order valence-electron chi connectivity index (χ0n) is 21.6.